The van der Waals surface area contributed by atoms with E-state index < -0.39 is 21.2 Å². The van der Waals surface area contributed by atoms with Gasteiger partial charge in [0.15, 0.2) is 15.6 Å². The molecule has 22 heavy (non-hydrogen) atoms. The fraction of sp³-hybridized carbons (Fsp3) is 0.467. The largest absolute Gasteiger partial charge is 0.350 e. The molecule has 1 amide bonds. The molecule has 1 heterocycles. The van der Waals surface area contributed by atoms with Crippen LogP contribution in [0.2, 0.25) is 0 Å². The van der Waals surface area contributed by atoms with Gasteiger partial charge in [0.1, 0.15) is 5.82 Å². The summed E-state index contributed by atoms with van der Waals surface area (Å²) in [6, 6.07) is 5.14. The number of Topliss-reactive ketones (excluding diaryl/α,β-unsaturated/α-hetero) is 1. The highest BCUT2D eigenvalue weighted by Crippen LogP contribution is 2.23. The lowest BCUT2D eigenvalue weighted by Crippen LogP contribution is -2.46. The number of carbonyl (C=O) groups excluding carboxylic acids is 2. The van der Waals surface area contributed by atoms with Crippen molar-refractivity contribution in [2.75, 3.05) is 11.5 Å². The summed E-state index contributed by atoms with van der Waals surface area (Å²) in [4.78, 5) is 23.8. The monoisotopic (exact) mass is 327 g/mol. The fourth-order valence-corrected chi connectivity index (χ4v) is 4.61. The summed E-state index contributed by atoms with van der Waals surface area (Å²) in [5, 5.41) is 2.70. The highest BCUT2D eigenvalue weighted by molar-refractivity contribution is 7.91. The highest BCUT2D eigenvalue weighted by atomic mass is 32.2. The van der Waals surface area contributed by atoms with Crippen molar-refractivity contribution in [2.45, 2.75) is 31.7 Å². The molecule has 1 aromatic carbocycles. The molecule has 5 nitrogen and oxygen atoms in total. The molecular weight excluding hydrogens is 309 g/mol. The van der Waals surface area contributed by atoms with Gasteiger partial charge in [-0.3, -0.25) is 9.59 Å². The minimum Gasteiger partial charge on any atom is -0.350 e. The van der Waals surface area contributed by atoms with Gasteiger partial charge >= 0.3 is 0 Å². The minimum absolute atomic E-state index is 0.000293. The van der Waals surface area contributed by atoms with Gasteiger partial charge in [-0.05, 0) is 37.6 Å². The van der Waals surface area contributed by atoms with Gasteiger partial charge in [0, 0.05) is 18.4 Å². The second kappa shape index (κ2) is 6.16. The number of hydrogen-bond donors (Lipinski definition) is 1. The van der Waals surface area contributed by atoms with Crippen molar-refractivity contribution in [1.82, 2.24) is 5.32 Å². The molecule has 0 aromatic heterocycles. The number of sulfone groups is 1. The molecular formula is C15H18FNO4S. The number of ketones is 1. The average Bonchev–Trinajstić information content (AvgIpc) is 2.70. The second-order valence-electron chi connectivity index (χ2n) is 5.88. The standard InChI is InChI=1S/C15H18FNO4S/c1-15(8-9-22(20,21)10-15)17-14(19)7-6-13(18)11-2-4-12(16)5-3-11/h2-5H,6-10H2,1H3,(H,17,19)/t15-/m1/s1. The van der Waals surface area contributed by atoms with Crippen LogP contribution in [0.25, 0.3) is 0 Å². The molecule has 0 spiro atoms. The number of benzene rings is 1. The van der Waals surface area contributed by atoms with Crippen LogP contribution in [0.15, 0.2) is 24.3 Å². The van der Waals surface area contributed by atoms with E-state index >= 15 is 0 Å². The Balaban J connectivity index is 1.85. The second-order valence-corrected chi connectivity index (χ2v) is 8.07. The Labute approximate surface area is 128 Å². The molecule has 1 aliphatic rings. The van der Waals surface area contributed by atoms with E-state index in [1.165, 1.54) is 24.3 Å². The van der Waals surface area contributed by atoms with Gasteiger partial charge in [-0.1, -0.05) is 0 Å². The van der Waals surface area contributed by atoms with Gasteiger partial charge in [0.05, 0.1) is 17.0 Å². The smallest absolute Gasteiger partial charge is 0.220 e. The maximum Gasteiger partial charge on any atom is 0.220 e. The number of halogens is 1. The van der Waals surface area contributed by atoms with Crippen LogP contribution in [0.5, 0.6) is 0 Å². The van der Waals surface area contributed by atoms with E-state index in [-0.39, 0.29) is 36.0 Å². The Morgan fingerprint density at radius 3 is 2.41 bits per heavy atom. The number of amides is 1. The van der Waals surface area contributed by atoms with E-state index in [2.05, 4.69) is 5.32 Å². The predicted octanol–water partition coefficient (Wildman–Crippen LogP) is 1.48. The summed E-state index contributed by atoms with van der Waals surface area (Å²) in [5.74, 6) is -1.03. The molecule has 0 radical (unpaired) electrons. The molecule has 2 rings (SSSR count). The maximum atomic E-state index is 12.8. The third kappa shape index (κ3) is 4.37. The van der Waals surface area contributed by atoms with Crippen molar-refractivity contribution in [1.29, 1.82) is 0 Å². The van der Waals surface area contributed by atoms with Crippen molar-refractivity contribution < 1.29 is 22.4 Å². The van der Waals surface area contributed by atoms with Gasteiger partial charge < -0.3 is 5.32 Å². The van der Waals surface area contributed by atoms with Crippen molar-refractivity contribution in [3.63, 3.8) is 0 Å². The molecule has 7 heteroatoms. The zero-order valence-electron chi connectivity index (χ0n) is 12.3. The summed E-state index contributed by atoms with van der Waals surface area (Å²) in [5.41, 5.74) is -0.404. The van der Waals surface area contributed by atoms with Crippen LogP contribution in [-0.2, 0) is 14.6 Å². The summed E-state index contributed by atoms with van der Waals surface area (Å²) in [6.45, 7) is 1.69. The van der Waals surface area contributed by atoms with E-state index in [4.69, 9.17) is 0 Å². The van der Waals surface area contributed by atoms with E-state index in [0.29, 0.717) is 12.0 Å². The van der Waals surface area contributed by atoms with Gasteiger partial charge in [0.25, 0.3) is 0 Å². The molecule has 0 saturated carbocycles. The molecule has 0 unspecified atom stereocenters. The number of nitrogens with one attached hydrogen (secondary N) is 1. The van der Waals surface area contributed by atoms with Crippen LogP contribution in [0.4, 0.5) is 4.39 Å². The fourth-order valence-electron chi connectivity index (χ4n) is 2.52. The molecule has 0 aliphatic carbocycles. The predicted molar refractivity (Wildman–Crippen MR) is 79.8 cm³/mol. The van der Waals surface area contributed by atoms with Crippen LogP contribution in [0.1, 0.15) is 36.5 Å². The SMILES string of the molecule is C[C@@]1(NC(=O)CCC(=O)c2ccc(F)cc2)CCS(=O)(=O)C1. The maximum absolute atomic E-state index is 12.8. The van der Waals surface area contributed by atoms with Crippen LogP contribution in [0.3, 0.4) is 0 Å². The van der Waals surface area contributed by atoms with E-state index in [1.807, 2.05) is 0 Å². The molecule has 1 saturated heterocycles. The van der Waals surface area contributed by atoms with Crippen LogP contribution >= 0.6 is 0 Å². The van der Waals surface area contributed by atoms with Gasteiger partial charge in [-0.15, -0.1) is 0 Å². The van der Waals surface area contributed by atoms with E-state index in [1.54, 1.807) is 6.92 Å². The van der Waals surface area contributed by atoms with Crippen molar-refractivity contribution >= 4 is 21.5 Å². The summed E-state index contributed by atoms with van der Waals surface area (Å²) in [6.07, 6.45) is 0.360. The Morgan fingerprint density at radius 2 is 1.86 bits per heavy atom. The summed E-state index contributed by atoms with van der Waals surface area (Å²) >= 11 is 0. The van der Waals surface area contributed by atoms with Crippen molar-refractivity contribution in [3.8, 4) is 0 Å². The van der Waals surface area contributed by atoms with E-state index in [0.717, 1.165) is 0 Å². The third-order valence-corrected chi connectivity index (χ3v) is 5.59. The first-order valence-electron chi connectivity index (χ1n) is 6.99. The van der Waals surface area contributed by atoms with Crippen molar-refractivity contribution in [2.24, 2.45) is 0 Å². The topological polar surface area (TPSA) is 80.3 Å². The van der Waals surface area contributed by atoms with E-state index in [9.17, 15) is 22.4 Å². The van der Waals surface area contributed by atoms with Gasteiger partial charge in [-0.25, -0.2) is 12.8 Å². The lowest BCUT2D eigenvalue weighted by molar-refractivity contribution is -0.122. The molecule has 1 atom stereocenters. The molecule has 0 bridgehead atoms. The highest BCUT2D eigenvalue weighted by Gasteiger charge is 2.39. The first-order valence-corrected chi connectivity index (χ1v) is 8.81. The first-order chi connectivity index (χ1) is 10.2. The average molecular weight is 327 g/mol. The van der Waals surface area contributed by atoms with Crippen molar-refractivity contribution in [3.05, 3.63) is 35.6 Å². The first kappa shape index (κ1) is 16.6. The number of carbonyl (C=O) groups is 2. The normalized spacial score (nSPS) is 23.2. The third-order valence-electron chi connectivity index (χ3n) is 3.69. The number of hydrogen-bond acceptors (Lipinski definition) is 4. The van der Waals surface area contributed by atoms with Gasteiger partial charge in [-0.2, -0.15) is 0 Å². The molecule has 1 N–H and O–H groups in total. The minimum atomic E-state index is -3.10. The molecule has 1 aliphatic heterocycles. The lowest BCUT2D eigenvalue weighted by Gasteiger charge is -2.23. The van der Waals surface area contributed by atoms with Gasteiger partial charge in [0.2, 0.25) is 5.91 Å². The lowest BCUT2D eigenvalue weighted by atomic mass is 10.0. The number of rotatable bonds is 5. The molecule has 1 aromatic rings. The zero-order chi connectivity index (χ0) is 16.4. The molecule has 120 valence electrons. The molecule has 1 fully saturated rings. The summed E-state index contributed by atoms with van der Waals surface area (Å²) < 4.78 is 35.7. The Bertz CT molecular complexity index is 684. The van der Waals surface area contributed by atoms with Crippen LogP contribution in [-0.4, -0.2) is 37.2 Å². The summed E-state index contributed by atoms with van der Waals surface area (Å²) in [7, 11) is -3.10. The Hall–Kier alpha value is -1.76. The zero-order valence-corrected chi connectivity index (χ0v) is 13.1. The van der Waals surface area contributed by atoms with Crippen LogP contribution < -0.4 is 5.32 Å². The quantitative estimate of drug-likeness (QED) is 0.831. The Morgan fingerprint density at radius 1 is 1.23 bits per heavy atom. The Kier molecular flexibility index (Phi) is 4.65. The van der Waals surface area contributed by atoms with Crippen LogP contribution in [0, 0.1) is 5.82 Å².